The highest BCUT2D eigenvalue weighted by atomic mass is 19.4. The van der Waals surface area contributed by atoms with Crippen LogP contribution in [-0.2, 0) is 12.4 Å². The fraction of sp³-hybridized carbons (Fsp3) is 0.261. The number of aromatic nitrogens is 2. The van der Waals surface area contributed by atoms with Gasteiger partial charge in [-0.15, -0.1) is 0 Å². The minimum Gasteiger partial charge on any atom is -0.428 e. The maximum Gasteiger partial charge on any atom is 0.461 e. The summed E-state index contributed by atoms with van der Waals surface area (Å²) in [5.74, 6) is -0.380. The molecule has 0 radical (unpaired) electrons. The smallest absolute Gasteiger partial charge is 0.428 e. The lowest BCUT2D eigenvalue weighted by Crippen LogP contribution is -2.35. The van der Waals surface area contributed by atoms with Crippen molar-refractivity contribution in [3.63, 3.8) is 0 Å². The second-order valence-electron chi connectivity index (χ2n) is 8.15. The van der Waals surface area contributed by atoms with Crippen LogP contribution in [0.15, 0.2) is 54.9 Å². The van der Waals surface area contributed by atoms with Crippen molar-refractivity contribution in [1.29, 1.82) is 0 Å². The number of hydrogen-bond donors (Lipinski definition) is 1. The third-order valence-electron chi connectivity index (χ3n) is 5.50. The predicted molar refractivity (Wildman–Crippen MR) is 115 cm³/mol. The standard InChI is InChI=1S/C23H16F10N4O/c1-36-17(12-7-13(21(26,27)28)9-14(8-12)22(29,30)31)11-37-6-5-34-18(37)19(36)35-15-3-2-4-16(10-15)38-23(32,33)20(24)25/h2-11,19-20,35H,1H3. The Morgan fingerprint density at radius 1 is 0.921 bits per heavy atom. The van der Waals surface area contributed by atoms with Crippen molar-refractivity contribution in [3.05, 3.63) is 77.4 Å². The maximum atomic E-state index is 13.4. The number of imidazole rings is 1. The zero-order chi connectivity index (χ0) is 28.0. The molecular weight excluding hydrogens is 538 g/mol. The first-order valence-corrected chi connectivity index (χ1v) is 10.5. The number of anilines is 1. The summed E-state index contributed by atoms with van der Waals surface area (Å²) >= 11 is 0. The van der Waals surface area contributed by atoms with Crippen LogP contribution in [0.3, 0.4) is 0 Å². The van der Waals surface area contributed by atoms with Gasteiger partial charge in [0, 0.05) is 43.0 Å². The van der Waals surface area contributed by atoms with Crippen molar-refractivity contribution < 1.29 is 48.6 Å². The average Bonchev–Trinajstić information content (AvgIpc) is 3.28. The van der Waals surface area contributed by atoms with Crippen LogP contribution in [-0.4, -0.2) is 34.0 Å². The molecule has 15 heteroatoms. The van der Waals surface area contributed by atoms with Gasteiger partial charge in [-0.05, 0) is 30.3 Å². The Balaban J connectivity index is 1.72. The van der Waals surface area contributed by atoms with Crippen molar-refractivity contribution in [3.8, 4) is 5.75 Å². The number of nitrogens with zero attached hydrogens (tertiary/aromatic N) is 3. The lowest BCUT2D eigenvalue weighted by atomic mass is 10.0. The Hall–Kier alpha value is -3.91. The summed E-state index contributed by atoms with van der Waals surface area (Å²) in [6, 6.07) is 5.69. The molecule has 4 rings (SSSR count). The molecule has 1 N–H and O–H groups in total. The topological polar surface area (TPSA) is 42.3 Å². The molecule has 1 aliphatic heterocycles. The average molecular weight is 554 g/mol. The highest BCUT2D eigenvalue weighted by Crippen LogP contribution is 2.41. The molecular formula is C23H16F10N4O. The lowest BCUT2D eigenvalue weighted by molar-refractivity contribution is -0.253. The summed E-state index contributed by atoms with van der Waals surface area (Å²) < 4.78 is 138. The number of halogens is 10. The Labute approximate surface area is 207 Å². The number of nitrogens with one attached hydrogen (secondary N) is 1. The first-order valence-electron chi connectivity index (χ1n) is 10.5. The van der Waals surface area contributed by atoms with Gasteiger partial charge in [0.15, 0.2) is 12.0 Å². The van der Waals surface area contributed by atoms with Crippen LogP contribution < -0.4 is 10.1 Å². The van der Waals surface area contributed by atoms with Crippen molar-refractivity contribution in [2.24, 2.45) is 0 Å². The Morgan fingerprint density at radius 3 is 2.13 bits per heavy atom. The van der Waals surface area contributed by atoms with E-state index in [9.17, 15) is 43.9 Å². The first kappa shape index (κ1) is 27.1. The van der Waals surface area contributed by atoms with Gasteiger partial charge in [0.2, 0.25) is 0 Å². The summed E-state index contributed by atoms with van der Waals surface area (Å²) in [4.78, 5) is 5.43. The van der Waals surface area contributed by atoms with E-state index in [-0.39, 0.29) is 23.3 Å². The number of fused-ring (bicyclic) bond motifs is 1. The Kier molecular flexibility index (Phi) is 6.74. The van der Waals surface area contributed by atoms with E-state index >= 15 is 0 Å². The van der Waals surface area contributed by atoms with Crippen LogP contribution in [0.25, 0.3) is 11.9 Å². The normalized spacial score (nSPS) is 16.4. The predicted octanol–water partition coefficient (Wildman–Crippen LogP) is 7.17. The highest BCUT2D eigenvalue weighted by Gasteiger charge is 2.44. The molecule has 0 fully saturated rings. The third kappa shape index (κ3) is 5.50. The van der Waals surface area contributed by atoms with Gasteiger partial charge in [-0.25, -0.2) is 4.98 Å². The summed E-state index contributed by atoms with van der Waals surface area (Å²) in [5, 5.41) is 2.86. The van der Waals surface area contributed by atoms with E-state index in [1.54, 1.807) is 0 Å². The van der Waals surface area contributed by atoms with E-state index in [1.807, 2.05) is 0 Å². The van der Waals surface area contributed by atoms with E-state index in [0.29, 0.717) is 12.1 Å². The van der Waals surface area contributed by atoms with E-state index in [1.165, 1.54) is 47.2 Å². The number of benzene rings is 2. The summed E-state index contributed by atoms with van der Waals surface area (Å²) in [6.45, 7) is 0. The first-order chi connectivity index (χ1) is 17.6. The molecule has 2 heterocycles. The van der Waals surface area contributed by atoms with E-state index in [0.717, 1.165) is 12.1 Å². The fourth-order valence-electron chi connectivity index (χ4n) is 3.73. The molecule has 1 atom stereocenters. The zero-order valence-electron chi connectivity index (χ0n) is 19.0. The molecule has 3 aromatic rings. The molecule has 1 unspecified atom stereocenters. The van der Waals surface area contributed by atoms with Crippen molar-refractivity contribution in [2.75, 3.05) is 12.4 Å². The van der Waals surface area contributed by atoms with Gasteiger partial charge in [0.25, 0.3) is 0 Å². The number of alkyl halides is 10. The van der Waals surface area contributed by atoms with Crippen molar-refractivity contribution >= 4 is 17.6 Å². The molecule has 204 valence electrons. The van der Waals surface area contributed by atoms with E-state index in [4.69, 9.17) is 0 Å². The molecule has 38 heavy (non-hydrogen) atoms. The van der Waals surface area contributed by atoms with Gasteiger partial charge in [0.05, 0.1) is 16.8 Å². The molecule has 0 saturated carbocycles. The summed E-state index contributed by atoms with van der Waals surface area (Å²) in [6.07, 6.45) is -16.0. The lowest BCUT2D eigenvalue weighted by Gasteiger charge is -2.36. The molecule has 5 nitrogen and oxygen atoms in total. The van der Waals surface area contributed by atoms with Crippen LogP contribution >= 0.6 is 0 Å². The van der Waals surface area contributed by atoms with Crippen LogP contribution in [0.4, 0.5) is 49.6 Å². The van der Waals surface area contributed by atoms with E-state index < -0.39 is 53.5 Å². The molecule has 0 aliphatic carbocycles. The molecule has 0 bridgehead atoms. The van der Waals surface area contributed by atoms with Gasteiger partial charge >= 0.3 is 24.9 Å². The molecule has 2 aromatic carbocycles. The SMILES string of the molecule is CN1C(c2cc(C(F)(F)F)cc(C(F)(F)F)c2)=Cn2ccnc2C1Nc1cccc(OC(F)(F)C(F)F)c1. The van der Waals surface area contributed by atoms with Crippen molar-refractivity contribution in [1.82, 2.24) is 14.5 Å². The van der Waals surface area contributed by atoms with E-state index in [2.05, 4.69) is 15.0 Å². The largest absolute Gasteiger partial charge is 0.461 e. The van der Waals surface area contributed by atoms with Gasteiger partial charge in [-0.2, -0.15) is 43.9 Å². The highest BCUT2D eigenvalue weighted by molar-refractivity contribution is 5.77. The monoisotopic (exact) mass is 554 g/mol. The number of ether oxygens (including phenoxy) is 1. The molecule has 1 aliphatic rings. The number of rotatable bonds is 6. The Morgan fingerprint density at radius 2 is 1.55 bits per heavy atom. The van der Waals surface area contributed by atoms with Gasteiger partial charge < -0.3 is 19.5 Å². The molecule has 0 amide bonds. The quantitative estimate of drug-likeness (QED) is 0.328. The van der Waals surface area contributed by atoms with Crippen LogP contribution in [0.2, 0.25) is 0 Å². The Bertz CT molecular complexity index is 1310. The van der Waals surface area contributed by atoms with Gasteiger partial charge in [-0.1, -0.05) is 6.07 Å². The summed E-state index contributed by atoms with van der Waals surface area (Å²) in [7, 11) is 1.36. The second-order valence-corrected chi connectivity index (χ2v) is 8.15. The second kappa shape index (κ2) is 9.44. The fourth-order valence-corrected chi connectivity index (χ4v) is 3.73. The minimum absolute atomic E-state index is 0.00589. The molecule has 0 saturated heterocycles. The summed E-state index contributed by atoms with van der Waals surface area (Å²) in [5.41, 5.74) is -3.44. The number of hydrogen-bond acceptors (Lipinski definition) is 4. The zero-order valence-corrected chi connectivity index (χ0v) is 19.0. The maximum absolute atomic E-state index is 13.4. The van der Waals surface area contributed by atoms with Crippen LogP contribution in [0.5, 0.6) is 5.75 Å². The van der Waals surface area contributed by atoms with Gasteiger partial charge in [-0.3, -0.25) is 0 Å². The van der Waals surface area contributed by atoms with Crippen LogP contribution in [0, 0.1) is 0 Å². The van der Waals surface area contributed by atoms with Gasteiger partial charge in [0.1, 0.15) is 5.75 Å². The molecule has 1 aromatic heterocycles. The minimum atomic E-state index is -5.07. The van der Waals surface area contributed by atoms with Crippen molar-refractivity contribution in [2.45, 2.75) is 31.1 Å². The third-order valence-corrected chi connectivity index (χ3v) is 5.50. The molecule has 0 spiro atoms. The van der Waals surface area contributed by atoms with Crippen LogP contribution in [0.1, 0.15) is 28.7 Å².